The lowest BCUT2D eigenvalue weighted by molar-refractivity contribution is -0.143. The summed E-state index contributed by atoms with van der Waals surface area (Å²) >= 11 is 6.24. The zero-order valence-corrected chi connectivity index (χ0v) is 22.9. The number of hydrogen-bond donors (Lipinski definition) is 1. The lowest BCUT2D eigenvalue weighted by Gasteiger charge is -2.32. The summed E-state index contributed by atoms with van der Waals surface area (Å²) in [5, 5.41) is 3.65. The Morgan fingerprint density at radius 2 is 1.59 bits per heavy atom. The molecule has 0 radical (unpaired) electrons. The van der Waals surface area contributed by atoms with Crippen LogP contribution >= 0.6 is 11.6 Å². The van der Waals surface area contributed by atoms with Gasteiger partial charge >= 0.3 is 0 Å². The highest BCUT2D eigenvalue weighted by Crippen LogP contribution is 2.20. The van der Waals surface area contributed by atoms with Crippen LogP contribution < -0.4 is 10.1 Å². The summed E-state index contributed by atoms with van der Waals surface area (Å²) < 4.78 is 5.88. The number of carbonyl (C=O) groups is 2. The largest absolute Gasteiger partial charge is 0.484 e. The van der Waals surface area contributed by atoms with Gasteiger partial charge in [-0.15, -0.1) is 0 Å². The molecule has 0 aromatic heterocycles. The summed E-state index contributed by atoms with van der Waals surface area (Å²) in [4.78, 5) is 28.8. The van der Waals surface area contributed by atoms with E-state index in [2.05, 4.69) is 19.2 Å². The van der Waals surface area contributed by atoms with E-state index in [0.717, 1.165) is 17.5 Å². The Labute approximate surface area is 225 Å². The molecule has 0 aliphatic carbocycles. The third-order valence-corrected chi connectivity index (χ3v) is 6.66. The molecule has 0 saturated carbocycles. The minimum absolute atomic E-state index is 0.00961. The number of nitrogens with zero attached hydrogens (tertiary/aromatic N) is 1. The van der Waals surface area contributed by atoms with Gasteiger partial charge in [-0.3, -0.25) is 9.59 Å². The lowest BCUT2D eigenvalue weighted by atomic mass is 10.0. The maximum Gasteiger partial charge on any atom is 0.261 e. The first-order chi connectivity index (χ1) is 17.8. The fourth-order valence-electron chi connectivity index (χ4n) is 4.00. The monoisotopic (exact) mass is 520 g/mol. The summed E-state index contributed by atoms with van der Waals surface area (Å²) in [7, 11) is 0. The number of amides is 2. The quantitative estimate of drug-likeness (QED) is 0.301. The highest BCUT2D eigenvalue weighted by molar-refractivity contribution is 6.30. The Morgan fingerprint density at radius 3 is 2.22 bits per heavy atom. The predicted octanol–water partition coefficient (Wildman–Crippen LogP) is 6.40. The van der Waals surface area contributed by atoms with Crippen LogP contribution in [0.25, 0.3) is 0 Å². The molecule has 3 aromatic rings. The van der Waals surface area contributed by atoms with E-state index < -0.39 is 6.04 Å². The molecular weight excluding hydrogens is 484 g/mol. The first-order valence-electron chi connectivity index (χ1n) is 12.9. The predicted molar refractivity (Wildman–Crippen MR) is 150 cm³/mol. The van der Waals surface area contributed by atoms with Crippen molar-refractivity contribution in [2.75, 3.05) is 6.61 Å². The summed E-state index contributed by atoms with van der Waals surface area (Å²) in [5.74, 6) is 0.568. The van der Waals surface area contributed by atoms with E-state index in [1.807, 2.05) is 86.6 Å². The van der Waals surface area contributed by atoms with Crippen LogP contribution in [-0.2, 0) is 22.6 Å². The Morgan fingerprint density at radius 1 is 0.919 bits per heavy atom. The van der Waals surface area contributed by atoms with E-state index in [4.69, 9.17) is 16.3 Å². The molecule has 0 unspecified atom stereocenters. The smallest absolute Gasteiger partial charge is 0.261 e. The second-order valence-corrected chi connectivity index (χ2v) is 10.1. The zero-order valence-electron chi connectivity index (χ0n) is 22.1. The van der Waals surface area contributed by atoms with Gasteiger partial charge in [0.2, 0.25) is 5.91 Å². The highest BCUT2D eigenvalue weighted by atomic mass is 35.5. The molecule has 0 heterocycles. The SMILES string of the molecule is CC[C@H](C)NC(=O)[C@@H](Cc1ccccc1)N(Cc1cccc(Cl)c1)C(=O)COc1ccc(C(C)C)cc1. The number of carbonyl (C=O) groups excluding carboxylic acids is 2. The molecule has 1 N–H and O–H groups in total. The average molecular weight is 521 g/mol. The highest BCUT2D eigenvalue weighted by Gasteiger charge is 2.31. The second kappa shape index (κ2) is 13.8. The van der Waals surface area contributed by atoms with Crippen LogP contribution in [0.1, 0.15) is 56.7 Å². The van der Waals surface area contributed by atoms with Crippen molar-refractivity contribution in [2.45, 2.75) is 65.1 Å². The number of rotatable bonds is 12. The van der Waals surface area contributed by atoms with Crippen LogP contribution in [0, 0.1) is 0 Å². The standard InChI is InChI=1S/C31H37ClN2O3/c1-5-23(4)33-31(36)29(19-24-10-7-6-8-11-24)34(20-25-12-9-13-27(32)18-25)30(35)21-37-28-16-14-26(15-17-28)22(2)3/h6-18,22-23,29H,5,19-21H2,1-4H3,(H,33,36)/t23-,29+/m0/s1. The Hall–Kier alpha value is -3.31. The first-order valence-corrected chi connectivity index (χ1v) is 13.3. The van der Waals surface area contributed by atoms with E-state index >= 15 is 0 Å². The first kappa shape index (κ1) is 28.3. The van der Waals surface area contributed by atoms with Crippen molar-refractivity contribution in [3.63, 3.8) is 0 Å². The Bertz CT molecular complexity index is 1150. The molecule has 0 spiro atoms. The van der Waals surface area contributed by atoms with Gasteiger partial charge in [0.15, 0.2) is 6.61 Å². The van der Waals surface area contributed by atoms with Crippen molar-refractivity contribution in [1.82, 2.24) is 10.2 Å². The minimum atomic E-state index is -0.713. The fourth-order valence-corrected chi connectivity index (χ4v) is 4.22. The summed E-state index contributed by atoms with van der Waals surface area (Å²) in [6.45, 7) is 8.30. The zero-order chi connectivity index (χ0) is 26.8. The van der Waals surface area contributed by atoms with Crippen LogP contribution in [0.4, 0.5) is 0 Å². The molecule has 3 aromatic carbocycles. The topological polar surface area (TPSA) is 58.6 Å². The molecule has 5 nitrogen and oxygen atoms in total. The number of ether oxygens (including phenoxy) is 1. The van der Waals surface area contributed by atoms with Crippen LogP contribution in [0.2, 0.25) is 5.02 Å². The van der Waals surface area contributed by atoms with Gasteiger partial charge in [0, 0.05) is 24.0 Å². The molecule has 0 aliphatic heterocycles. The maximum atomic E-state index is 13.7. The molecule has 196 valence electrons. The molecule has 0 saturated heterocycles. The number of benzene rings is 3. The number of halogens is 1. The third-order valence-electron chi connectivity index (χ3n) is 6.42. The van der Waals surface area contributed by atoms with Crippen LogP contribution in [-0.4, -0.2) is 35.4 Å². The van der Waals surface area contributed by atoms with E-state index in [0.29, 0.717) is 23.1 Å². The fraction of sp³-hybridized carbons (Fsp3) is 0.355. The van der Waals surface area contributed by atoms with Crippen LogP contribution in [0.15, 0.2) is 78.9 Å². The van der Waals surface area contributed by atoms with Crippen molar-refractivity contribution in [1.29, 1.82) is 0 Å². The molecule has 37 heavy (non-hydrogen) atoms. The van der Waals surface area contributed by atoms with E-state index in [1.165, 1.54) is 5.56 Å². The number of nitrogens with one attached hydrogen (secondary N) is 1. The van der Waals surface area contributed by atoms with Gasteiger partial charge in [0.1, 0.15) is 11.8 Å². The molecule has 0 fully saturated rings. The third kappa shape index (κ3) is 8.64. The molecular formula is C31H37ClN2O3. The van der Waals surface area contributed by atoms with Crippen LogP contribution in [0.5, 0.6) is 5.75 Å². The van der Waals surface area contributed by atoms with Crippen molar-refractivity contribution in [3.05, 3.63) is 101 Å². The van der Waals surface area contributed by atoms with E-state index in [9.17, 15) is 9.59 Å². The van der Waals surface area contributed by atoms with Gasteiger partial charge in [-0.25, -0.2) is 0 Å². The Kier molecular flexibility index (Phi) is 10.6. The van der Waals surface area contributed by atoms with Gasteiger partial charge < -0.3 is 15.0 Å². The van der Waals surface area contributed by atoms with Crippen molar-refractivity contribution in [3.8, 4) is 5.75 Å². The molecule has 0 aliphatic rings. The van der Waals surface area contributed by atoms with Gasteiger partial charge in [-0.1, -0.05) is 87.0 Å². The molecule has 0 bridgehead atoms. The number of hydrogen-bond acceptors (Lipinski definition) is 3. The normalized spacial score (nSPS) is 12.6. The van der Waals surface area contributed by atoms with Crippen molar-refractivity contribution < 1.29 is 14.3 Å². The maximum absolute atomic E-state index is 13.7. The lowest BCUT2D eigenvalue weighted by Crippen LogP contribution is -2.53. The summed E-state index contributed by atoms with van der Waals surface area (Å²) in [6.07, 6.45) is 1.18. The van der Waals surface area contributed by atoms with Crippen molar-refractivity contribution in [2.24, 2.45) is 0 Å². The summed E-state index contributed by atoms with van der Waals surface area (Å²) in [5.41, 5.74) is 3.02. The van der Waals surface area contributed by atoms with Gasteiger partial charge in [-0.05, 0) is 60.2 Å². The van der Waals surface area contributed by atoms with Gasteiger partial charge in [0.25, 0.3) is 5.91 Å². The molecule has 3 rings (SSSR count). The Balaban J connectivity index is 1.89. The van der Waals surface area contributed by atoms with E-state index in [1.54, 1.807) is 11.0 Å². The van der Waals surface area contributed by atoms with Gasteiger partial charge in [-0.2, -0.15) is 0 Å². The minimum Gasteiger partial charge on any atom is -0.484 e. The molecule has 6 heteroatoms. The molecule has 2 atom stereocenters. The van der Waals surface area contributed by atoms with Gasteiger partial charge in [0.05, 0.1) is 0 Å². The van der Waals surface area contributed by atoms with E-state index in [-0.39, 0.29) is 31.0 Å². The average Bonchev–Trinajstić information content (AvgIpc) is 2.90. The second-order valence-electron chi connectivity index (χ2n) is 9.69. The van der Waals surface area contributed by atoms with Crippen LogP contribution in [0.3, 0.4) is 0 Å². The summed E-state index contributed by atoms with van der Waals surface area (Å²) in [6, 6.07) is 24.2. The molecule has 2 amide bonds. The van der Waals surface area contributed by atoms with Crippen molar-refractivity contribution >= 4 is 23.4 Å².